The van der Waals surface area contributed by atoms with Gasteiger partial charge >= 0.3 is 0 Å². The Balaban J connectivity index is 1.51. The molecule has 0 unspecified atom stereocenters. The van der Waals surface area contributed by atoms with Crippen LogP contribution in [0.2, 0.25) is 10.0 Å². The van der Waals surface area contributed by atoms with E-state index in [1.54, 1.807) is 12.1 Å². The van der Waals surface area contributed by atoms with Gasteiger partial charge in [0.25, 0.3) is 0 Å². The molecule has 0 aliphatic heterocycles. The highest BCUT2D eigenvalue weighted by Crippen LogP contribution is 2.39. The van der Waals surface area contributed by atoms with E-state index in [9.17, 15) is 4.39 Å². The Morgan fingerprint density at radius 1 is 1.05 bits per heavy atom. The highest BCUT2D eigenvalue weighted by Gasteiger charge is 2.30. The average molecular weight is 324 g/mol. The Morgan fingerprint density at radius 2 is 1.81 bits per heavy atom. The van der Waals surface area contributed by atoms with E-state index in [-0.39, 0.29) is 10.8 Å². The van der Waals surface area contributed by atoms with Crippen LogP contribution in [0.4, 0.5) is 4.39 Å². The summed E-state index contributed by atoms with van der Waals surface area (Å²) in [6, 6.07) is 13.4. The first-order valence-electron chi connectivity index (χ1n) is 7.05. The molecule has 1 N–H and O–H groups in total. The van der Waals surface area contributed by atoms with E-state index in [1.807, 2.05) is 18.2 Å². The molecule has 0 heterocycles. The highest BCUT2D eigenvalue weighted by molar-refractivity contribution is 6.31. The molecule has 1 aliphatic rings. The van der Waals surface area contributed by atoms with E-state index in [2.05, 4.69) is 11.4 Å². The van der Waals surface area contributed by atoms with Crippen molar-refractivity contribution in [3.63, 3.8) is 0 Å². The van der Waals surface area contributed by atoms with Gasteiger partial charge < -0.3 is 5.32 Å². The molecule has 0 spiro atoms. The molecule has 21 heavy (non-hydrogen) atoms. The summed E-state index contributed by atoms with van der Waals surface area (Å²) < 4.78 is 13.1. The van der Waals surface area contributed by atoms with Gasteiger partial charge in [-0.3, -0.25) is 0 Å². The van der Waals surface area contributed by atoms with Crippen LogP contribution in [0.15, 0.2) is 42.5 Å². The van der Waals surface area contributed by atoms with Crippen molar-refractivity contribution in [3.8, 4) is 0 Å². The highest BCUT2D eigenvalue weighted by atomic mass is 35.5. The van der Waals surface area contributed by atoms with Crippen LogP contribution >= 0.6 is 23.2 Å². The lowest BCUT2D eigenvalue weighted by Crippen LogP contribution is -2.39. The van der Waals surface area contributed by atoms with Crippen molar-refractivity contribution < 1.29 is 4.39 Å². The van der Waals surface area contributed by atoms with Crippen LogP contribution in [-0.2, 0) is 6.54 Å². The van der Waals surface area contributed by atoms with Crippen LogP contribution in [0.3, 0.4) is 0 Å². The number of rotatable bonds is 4. The number of hydrogen-bond acceptors (Lipinski definition) is 1. The molecule has 0 atom stereocenters. The predicted molar refractivity (Wildman–Crippen MR) is 85.5 cm³/mol. The van der Waals surface area contributed by atoms with Crippen LogP contribution in [0, 0.1) is 5.82 Å². The van der Waals surface area contributed by atoms with E-state index in [4.69, 9.17) is 23.2 Å². The molecule has 0 amide bonds. The third-order valence-electron chi connectivity index (χ3n) is 4.06. The minimum Gasteiger partial charge on any atom is -0.310 e. The molecule has 3 rings (SSSR count). The zero-order valence-electron chi connectivity index (χ0n) is 11.5. The Labute approximate surface area is 134 Å². The first kappa shape index (κ1) is 14.8. The zero-order chi connectivity index (χ0) is 14.8. The maximum atomic E-state index is 13.1. The second-order valence-electron chi connectivity index (χ2n) is 5.52. The third kappa shape index (κ3) is 3.39. The quantitative estimate of drug-likeness (QED) is 0.818. The smallest absolute Gasteiger partial charge is 0.141 e. The Hall–Kier alpha value is -1.09. The first-order valence-corrected chi connectivity index (χ1v) is 7.81. The van der Waals surface area contributed by atoms with E-state index in [0.29, 0.717) is 18.5 Å². The van der Waals surface area contributed by atoms with Crippen LogP contribution < -0.4 is 5.32 Å². The normalized spacial score (nSPS) is 21.1. The van der Waals surface area contributed by atoms with E-state index in [0.717, 1.165) is 23.4 Å². The van der Waals surface area contributed by atoms with E-state index >= 15 is 0 Å². The topological polar surface area (TPSA) is 12.0 Å². The molecule has 4 heteroatoms. The molecule has 0 radical (unpaired) electrons. The summed E-state index contributed by atoms with van der Waals surface area (Å²) in [5, 5.41) is 4.51. The van der Waals surface area contributed by atoms with Crippen molar-refractivity contribution in [2.75, 3.05) is 0 Å². The number of benzene rings is 2. The van der Waals surface area contributed by atoms with Crippen molar-refractivity contribution in [3.05, 3.63) is 69.5 Å². The third-order valence-corrected chi connectivity index (χ3v) is 4.70. The van der Waals surface area contributed by atoms with Crippen molar-refractivity contribution in [1.82, 2.24) is 5.32 Å². The largest absolute Gasteiger partial charge is 0.310 e. The summed E-state index contributed by atoms with van der Waals surface area (Å²) in [7, 11) is 0. The average Bonchev–Trinajstić information content (AvgIpc) is 2.43. The minimum atomic E-state index is -0.372. The fourth-order valence-electron chi connectivity index (χ4n) is 2.76. The van der Waals surface area contributed by atoms with Crippen LogP contribution in [0.5, 0.6) is 0 Å². The van der Waals surface area contributed by atoms with Gasteiger partial charge in [0.15, 0.2) is 0 Å². The fourth-order valence-corrected chi connectivity index (χ4v) is 3.25. The maximum absolute atomic E-state index is 13.1. The fraction of sp³-hybridized carbons (Fsp3) is 0.294. The molecule has 1 fully saturated rings. The molecular weight excluding hydrogens is 308 g/mol. The lowest BCUT2D eigenvalue weighted by atomic mass is 9.76. The lowest BCUT2D eigenvalue weighted by molar-refractivity contribution is 0.289. The van der Waals surface area contributed by atoms with Crippen LogP contribution in [-0.4, -0.2) is 6.04 Å². The Morgan fingerprint density at radius 3 is 2.52 bits per heavy atom. The maximum Gasteiger partial charge on any atom is 0.141 e. The van der Waals surface area contributed by atoms with Gasteiger partial charge in [-0.25, -0.2) is 4.39 Å². The molecular formula is C17H16Cl2FN. The first-order chi connectivity index (χ1) is 10.1. The standard InChI is InChI=1S/C17H16Cl2FN/c18-15-4-2-1-3-14(15)12-8-13(9-12)21-10-11-5-6-17(20)16(19)7-11/h1-7,12-13,21H,8-10H2. The molecule has 110 valence electrons. The summed E-state index contributed by atoms with van der Waals surface area (Å²) in [4.78, 5) is 0. The summed E-state index contributed by atoms with van der Waals surface area (Å²) in [5.41, 5.74) is 2.24. The van der Waals surface area contributed by atoms with Gasteiger partial charge in [0.1, 0.15) is 5.82 Å². The van der Waals surface area contributed by atoms with Gasteiger partial charge in [0, 0.05) is 17.6 Å². The number of halogens is 3. The second kappa shape index (κ2) is 6.35. The van der Waals surface area contributed by atoms with Gasteiger partial charge in [0.05, 0.1) is 5.02 Å². The van der Waals surface area contributed by atoms with Gasteiger partial charge in [-0.15, -0.1) is 0 Å². The van der Waals surface area contributed by atoms with Gasteiger partial charge in [-0.2, -0.15) is 0 Å². The Bertz CT molecular complexity index is 638. The van der Waals surface area contributed by atoms with Crippen molar-refractivity contribution in [1.29, 1.82) is 0 Å². The number of hydrogen-bond donors (Lipinski definition) is 1. The molecule has 2 aromatic rings. The van der Waals surface area contributed by atoms with Crippen molar-refractivity contribution in [2.45, 2.75) is 31.3 Å². The molecule has 0 aromatic heterocycles. The molecule has 1 aliphatic carbocycles. The summed E-state index contributed by atoms with van der Waals surface area (Å²) in [6.45, 7) is 0.708. The van der Waals surface area contributed by atoms with Gasteiger partial charge in [0.2, 0.25) is 0 Å². The van der Waals surface area contributed by atoms with E-state index < -0.39 is 0 Å². The monoisotopic (exact) mass is 323 g/mol. The number of nitrogens with one attached hydrogen (secondary N) is 1. The predicted octanol–water partition coefficient (Wildman–Crippen LogP) is 5.17. The minimum absolute atomic E-state index is 0.178. The SMILES string of the molecule is Fc1ccc(CNC2CC(c3ccccc3Cl)C2)cc1Cl. The second-order valence-corrected chi connectivity index (χ2v) is 6.33. The van der Waals surface area contributed by atoms with Crippen LogP contribution in [0.25, 0.3) is 0 Å². The molecule has 1 nitrogen and oxygen atoms in total. The summed E-state index contributed by atoms with van der Waals surface area (Å²) in [6.07, 6.45) is 2.16. The Kier molecular flexibility index (Phi) is 4.48. The lowest BCUT2D eigenvalue weighted by Gasteiger charge is -2.37. The van der Waals surface area contributed by atoms with Crippen molar-refractivity contribution >= 4 is 23.2 Å². The molecule has 2 aromatic carbocycles. The zero-order valence-corrected chi connectivity index (χ0v) is 13.0. The van der Waals surface area contributed by atoms with Crippen molar-refractivity contribution in [2.24, 2.45) is 0 Å². The summed E-state index contributed by atoms with van der Waals surface area (Å²) >= 11 is 12.0. The van der Waals surface area contributed by atoms with Gasteiger partial charge in [-0.1, -0.05) is 47.5 Å². The molecule has 0 bridgehead atoms. The van der Waals surface area contributed by atoms with E-state index in [1.165, 1.54) is 11.6 Å². The van der Waals surface area contributed by atoms with Gasteiger partial charge in [-0.05, 0) is 48.1 Å². The van der Waals surface area contributed by atoms with Crippen LogP contribution in [0.1, 0.15) is 29.9 Å². The summed E-state index contributed by atoms with van der Waals surface area (Å²) in [5.74, 6) is 0.163. The molecule has 1 saturated carbocycles. The molecule has 0 saturated heterocycles.